The molecule has 1 fully saturated rings. The molecule has 1 heterocycles. The second kappa shape index (κ2) is 5.94. The molecular formula is C15H21N3O2. The van der Waals surface area contributed by atoms with Crippen LogP contribution in [0.2, 0.25) is 0 Å². The third-order valence-electron chi connectivity index (χ3n) is 3.44. The zero-order chi connectivity index (χ0) is 14.7. The molecule has 1 aromatic rings. The van der Waals surface area contributed by atoms with E-state index in [9.17, 15) is 9.59 Å². The molecule has 5 nitrogen and oxygen atoms in total. The van der Waals surface area contributed by atoms with Gasteiger partial charge in [0.2, 0.25) is 11.8 Å². The molecule has 20 heavy (non-hydrogen) atoms. The zero-order valence-electron chi connectivity index (χ0n) is 12.2. The minimum atomic E-state index is -0.399. The molecule has 0 aliphatic carbocycles. The summed E-state index contributed by atoms with van der Waals surface area (Å²) in [5, 5.41) is 2.76. The number of carbonyl (C=O) groups excluding carboxylic acids is 2. The Morgan fingerprint density at radius 1 is 1.35 bits per heavy atom. The first-order valence-electron chi connectivity index (χ1n) is 6.91. The molecule has 5 heteroatoms. The highest BCUT2D eigenvalue weighted by Crippen LogP contribution is 2.23. The molecule has 0 radical (unpaired) electrons. The SMILES string of the molecule is CCCC1NC(=O)CN(c2cccc(N(C)C)c2)C1=O. The van der Waals surface area contributed by atoms with Gasteiger partial charge in [-0.1, -0.05) is 19.4 Å². The summed E-state index contributed by atoms with van der Waals surface area (Å²) in [5.74, 6) is -0.124. The molecule has 1 unspecified atom stereocenters. The lowest BCUT2D eigenvalue weighted by atomic mass is 10.1. The molecule has 2 rings (SSSR count). The molecule has 1 aliphatic rings. The average Bonchev–Trinajstić information content (AvgIpc) is 2.43. The van der Waals surface area contributed by atoms with Crippen molar-refractivity contribution < 1.29 is 9.59 Å². The highest BCUT2D eigenvalue weighted by molar-refractivity contribution is 6.06. The Hall–Kier alpha value is -2.04. The highest BCUT2D eigenvalue weighted by atomic mass is 16.2. The van der Waals surface area contributed by atoms with Crippen molar-refractivity contribution in [3.05, 3.63) is 24.3 Å². The predicted octanol–water partition coefficient (Wildman–Crippen LogP) is 1.38. The van der Waals surface area contributed by atoms with E-state index in [1.54, 1.807) is 4.90 Å². The summed E-state index contributed by atoms with van der Waals surface area (Å²) in [6.45, 7) is 2.10. The van der Waals surface area contributed by atoms with Crippen molar-refractivity contribution >= 4 is 23.2 Å². The fourth-order valence-electron chi connectivity index (χ4n) is 2.35. The Kier molecular flexibility index (Phi) is 4.27. The number of carbonyl (C=O) groups is 2. The average molecular weight is 275 g/mol. The van der Waals surface area contributed by atoms with Crippen molar-refractivity contribution in [3.63, 3.8) is 0 Å². The quantitative estimate of drug-likeness (QED) is 0.903. The summed E-state index contributed by atoms with van der Waals surface area (Å²) in [6, 6.07) is 7.27. The third-order valence-corrected chi connectivity index (χ3v) is 3.44. The summed E-state index contributed by atoms with van der Waals surface area (Å²) in [6.07, 6.45) is 1.54. The van der Waals surface area contributed by atoms with Gasteiger partial charge in [-0.15, -0.1) is 0 Å². The molecule has 108 valence electrons. The number of nitrogens with zero attached hydrogens (tertiary/aromatic N) is 2. The number of amides is 2. The lowest BCUT2D eigenvalue weighted by Crippen LogP contribution is -2.58. The topological polar surface area (TPSA) is 52.7 Å². The summed E-state index contributed by atoms with van der Waals surface area (Å²) in [7, 11) is 3.90. The van der Waals surface area contributed by atoms with Gasteiger partial charge in [-0.05, 0) is 24.6 Å². The van der Waals surface area contributed by atoms with Crippen molar-refractivity contribution in [3.8, 4) is 0 Å². The standard InChI is InChI=1S/C15H21N3O2/c1-4-6-13-15(20)18(10-14(19)16-13)12-8-5-7-11(9-12)17(2)3/h5,7-9,13H,4,6,10H2,1-3H3,(H,16,19). The number of anilines is 2. The van der Waals surface area contributed by atoms with Gasteiger partial charge in [0.1, 0.15) is 12.6 Å². The fourth-order valence-corrected chi connectivity index (χ4v) is 2.35. The lowest BCUT2D eigenvalue weighted by molar-refractivity contribution is -0.131. The summed E-state index contributed by atoms with van der Waals surface area (Å²) < 4.78 is 0. The van der Waals surface area contributed by atoms with E-state index in [4.69, 9.17) is 0 Å². The monoisotopic (exact) mass is 275 g/mol. The van der Waals surface area contributed by atoms with Gasteiger partial charge in [-0.3, -0.25) is 9.59 Å². The van der Waals surface area contributed by atoms with Gasteiger partial charge in [0.05, 0.1) is 0 Å². The van der Waals surface area contributed by atoms with Gasteiger partial charge in [-0.2, -0.15) is 0 Å². The maximum Gasteiger partial charge on any atom is 0.250 e. The molecule has 0 saturated carbocycles. The summed E-state index contributed by atoms with van der Waals surface area (Å²) in [5.41, 5.74) is 1.78. The van der Waals surface area contributed by atoms with E-state index in [0.29, 0.717) is 6.42 Å². The Morgan fingerprint density at radius 3 is 2.75 bits per heavy atom. The van der Waals surface area contributed by atoms with E-state index in [1.807, 2.05) is 50.2 Å². The maximum absolute atomic E-state index is 12.4. The van der Waals surface area contributed by atoms with Crippen LogP contribution in [0.4, 0.5) is 11.4 Å². The van der Waals surface area contributed by atoms with Crippen LogP contribution in [0.1, 0.15) is 19.8 Å². The number of rotatable bonds is 4. The van der Waals surface area contributed by atoms with E-state index >= 15 is 0 Å². The van der Waals surface area contributed by atoms with E-state index in [0.717, 1.165) is 17.8 Å². The molecule has 0 spiro atoms. The second-order valence-corrected chi connectivity index (χ2v) is 5.25. The van der Waals surface area contributed by atoms with Gasteiger partial charge >= 0.3 is 0 Å². The van der Waals surface area contributed by atoms with Crippen LogP contribution in [-0.4, -0.2) is 38.5 Å². The normalized spacial score (nSPS) is 18.9. The largest absolute Gasteiger partial charge is 0.378 e. The van der Waals surface area contributed by atoms with Crippen molar-refractivity contribution in [2.24, 2.45) is 0 Å². The molecule has 2 amide bonds. The molecule has 1 atom stereocenters. The molecule has 0 bridgehead atoms. The van der Waals surface area contributed by atoms with Crippen LogP contribution in [0.25, 0.3) is 0 Å². The van der Waals surface area contributed by atoms with Gasteiger partial charge in [-0.25, -0.2) is 0 Å². The Morgan fingerprint density at radius 2 is 2.10 bits per heavy atom. The first-order valence-corrected chi connectivity index (χ1v) is 6.91. The first kappa shape index (κ1) is 14.4. The molecule has 1 aliphatic heterocycles. The number of hydrogen-bond donors (Lipinski definition) is 1. The number of nitrogens with one attached hydrogen (secondary N) is 1. The molecule has 1 saturated heterocycles. The summed E-state index contributed by atoms with van der Waals surface area (Å²) in [4.78, 5) is 27.8. The first-order chi connectivity index (χ1) is 9.52. The van der Waals surface area contributed by atoms with Crippen molar-refractivity contribution in [2.45, 2.75) is 25.8 Å². The minimum Gasteiger partial charge on any atom is -0.378 e. The second-order valence-electron chi connectivity index (χ2n) is 5.25. The third kappa shape index (κ3) is 2.92. The van der Waals surface area contributed by atoms with E-state index < -0.39 is 6.04 Å². The van der Waals surface area contributed by atoms with E-state index in [-0.39, 0.29) is 18.4 Å². The molecule has 1 N–H and O–H groups in total. The zero-order valence-corrected chi connectivity index (χ0v) is 12.2. The highest BCUT2D eigenvalue weighted by Gasteiger charge is 2.32. The predicted molar refractivity (Wildman–Crippen MR) is 80.0 cm³/mol. The van der Waals surface area contributed by atoms with Crippen LogP contribution in [0.3, 0.4) is 0 Å². The molecule has 1 aromatic carbocycles. The minimum absolute atomic E-state index is 0.0256. The van der Waals surface area contributed by atoms with Crippen LogP contribution >= 0.6 is 0 Å². The Balaban J connectivity index is 2.28. The van der Waals surface area contributed by atoms with Crippen molar-refractivity contribution in [1.29, 1.82) is 0 Å². The Bertz CT molecular complexity index is 514. The van der Waals surface area contributed by atoms with E-state index in [2.05, 4.69) is 5.32 Å². The van der Waals surface area contributed by atoms with Crippen molar-refractivity contribution in [2.75, 3.05) is 30.4 Å². The van der Waals surface area contributed by atoms with Crippen molar-refractivity contribution in [1.82, 2.24) is 5.32 Å². The molecular weight excluding hydrogens is 254 g/mol. The van der Waals surface area contributed by atoms with Crippen LogP contribution in [0.15, 0.2) is 24.3 Å². The summed E-state index contributed by atoms with van der Waals surface area (Å²) >= 11 is 0. The van der Waals surface area contributed by atoms with Crippen LogP contribution in [-0.2, 0) is 9.59 Å². The van der Waals surface area contributed by atoms with Crippen LogP contribution < -0.4 is 15.1 Å². The van der Waals surface area contributed by atoms with Crippen LogP contribution in [0, 0.1) is 0 Å². The van der Waals surface area contributed by atoms with Gasteiger partial charge in [0.15, 0.2) is 0 Å². The van der Waals surface area contributed by atoms with Gasteiger partial charge < -0.3 is 15.1 Å². The number of benzene rings is 1. The Labute approximate surface area is 119 Å². The number of hydrogen-bond acceptors (Lipinski definition) is 3. The lowest BCUT2D eigenvalue weighted by Gasteiger charge is -2.33. The number of piperazine rings is 1. The maximum atomic E-state index is 12.4. The van der Waals surface area contributed by atoms with Crippen LogP contribution in [0.5, 0.6) is 0 Å². The molecule has 0 aromatic heterocycles. The van der Waals surface area contributed by atoms with Gasteiger partial charge in [0.25, 0.3) is 0 Å². The fraction of sp³-hybridized carbons (Fsp3) is 0.467. The smallest absolute Gasteiger partial charge is 0.250 e. The van der Waals surface area contributed by atoms with Gasteiger partial charge in [0, 0.05) is 25.5 Å². The van der Waals surface area contributed by atoms with E-state index in [1.165, 1.54) is 0 Å².